The van der Waals surface area contributed by atoms with E-state index in [1.54, 1.807) is 27.0 Å². The lowest BCUT2D eigenvalue weighted by molar-refractivity contribution is 0.117. The van der Waals surface area contributed by atoms with Crippen LogP contribution in [0.25, 0.3) is 5.57 Å². The van der Waals surface area contributed by atoms with Gasteiger partial charge in [-0.25, -0.2) is 10.2 Å². The minimum atomic E-state index is -0.549. The fraction of sp³-hybridized carbons (Fsp3) is 0.389. The predicted octanol–water partition coefficient (Wildman–Crippen LogP) is 4.77. The number of amides is 1. The van der Waals surface area contributed by atoms with Gasteiger partial charge in [0.2, 0.25) is 0 Å². The maximum atomic E-state index is 11.5. The van der Waals surface area contributed by atoms with Crippen LogP contribution in [0.2, 0.25) is 0 Å². The molecule has 23 heavy (non-hydrogen) atoms. The van der Waals surface area contributed by atoms with Crippen LogP contribution in [0.15, 0.2) is 36.9 Å². The summed E-state index contributed by atoms with van der Waals surface area (Å²) in [6.45, 7) is 13.3. The van der Waals surface area contributed by atoms with Crippen LogP contribution in [0.5, 0.6) is 5.75 Å². The number of carbonyl (C=O) groups is 1. The van der Waals surface area contributed by atoms with Crippen LogP contribution in [-0.4, -0.2) is 19.3 Å². The van der Waals surface area contributed by atoms with Gasteiger partial charge in [-0.3, -0.25) is 5.43 Å². The number of rotatable bonds is 6. The Bertz CT molecular complexity index is 537. The Morgan fingerprint density at radius 2 is 1.96 bits per heavy atom. The van der Waals surface area contributed by atoms with Crippen molar-refractivity contribution < 1.29 is 14.3 Å². The Morgan fingerprint density at radius 3 is 2.43 bits per heavy atom. The van der Waals surface area contributed by atoms with Crippen LogP contribution in [-0.2, 0) is 4.74 Å². The van der Waals surface area contributed by atoms with Crippen LogP contribution in [0.4, 0.5) is 10.5 Å². The van der Waals surface area contributed by atoms with Crippen molar-refractivity contribution in [3.8, 4) is 5.75 Å². The van der Waals surface area contributed by atoms with E-state index in [-0.39, 0.29) is 6.10 Å². The van der Waals surface area contributed by atoms with Gasteiger partial charge in [-0.15, -0.1) is 0 Å². The lowest BCUT2D eigenvalue weighted by atomic mass is 10.0. The van der Waals surface area contributed by atoms with Crippen molar-refractivity contribution in [2.75, 3.05) is 12.5 Å². The number of carbonyl (C=O) groups excluding carboxylic acids is 1. The summed E-state index contributed by atoms with van der Waals surface area (Å²) in [7, 11) is 1.57. The van der Waals surface area contributed by atoms with E-state index in [9.17, 15) is 4.79 Å². The van der Waals surface area contributed by atoms with Crippen molar-refractivity contribution in [2.24, 2.45) is 0 Å². The maximum absolute atomic E-state index is 11.5. The molecule has 0 bridgehead atoms. The number of methoxy groups -OCH3 is 1. The molecule has 0 saturated carbocycles. The Morgan fingerprint density at radius 1 is 1.30 bits per heavy atom. The number of hydrogen-bond acceptors (Lipinski definition) is 4. The van der Waals surface area contributed by atoms with Gasteiger partial charge in [0, 0.05) is 0 Å². The smallest absolute Gasteiger partial charge is 0.426 e. The fourth-order valence-corrected chi connectivity index (χ4v) is 1.75. The zero-order valence-corrected chi connectivity index (χ0v) is 14.9. The van der Waals surface area contributed by atoms with E-state index in [0.717, 1.165) is 11.1 Å². The summed E-state index contributed by atoms with van der Waals surface area (Å²) < 4.78 is 10.2. The molecule has 2 N–H and O–H groups in total. The van der Waals surface area contributed by atoms with Crippen LogP contribution in [0.3, 0.4) is 0 Å². The second-order valence-corrected chi connectivity index (χ2v) is 4.57. The van der Waals surface area contributed by atoms with Crippen molar-refractivity contribution in [1.29, 1.82) is 0 Å². The molecule has 0 atom stereocenters. The number of ether oxygens (including phenoxy) is 2. The summed E-state index contributed by atoms with van der Waals surface area (Å²) in [4.78, 5) is 11.5. The van der Waals surface area contributed by atoms with Gasteiger partial charge < -0.3 is 9.47 Å². The van der Waals surface area contributed by atoms with E-state index in [4.69, 9.17) is 9.47 Å². The van der Waals surface area contributed by atoms with E-state index in [2.05, 4.69) is 17.4 Å². The number of nitrogens with one attached hydrogen (secondary N) is 2. The van der Waals surface area contributed by atoms with Crippen molar-refractivity contribution in [3.63, 3.8) is 0 Å². The highest BCUT2D eigenvalue weighted by Gasteiger charge is 2.08. The summed E-state index contributed by atoms with van der Waals surface area (Å²) in [5.41, 5.74) is 7.87. The Hall–Kier alpha value is -2.43. The average molecular weight is 320 g/mol. The number of hydrazine groups is 1. The first-order chi connectivity index (χ1) is 11.0. The monoisotopic (exact) mass is 320 g/mol. The van der Waals surface area contributed by atoms with Crippen molar-refractivity contribution in [1.82, 2.24) is 5.43 Å². The highest BCUT2D eigenvalue weighted by atomic mass is 16.6. The molecule has 0 aliphatic rings. The molecule has 0 aromatic heterocycles. The van der Waals surface area contributed by atoms with Gasteiger partial charge in [-0.2, -0.15) is 0 Å². The minimum Gasteiger partial charge on any atom is -0.495 e. The highest BCUT2D eigenvalue weighted by molar-refractivity contribution is 5.78. The summed E-state index contributed by atoms with van der Waals surface area (Å²) in [5, 5.41) is 0. The largest absolute Gasteiger partial charge is 0.495 e. The van der Waals surface area contributed by atoms with Crippen molar-refractivity contribution >= 4 is 17.4 Å². The van der Waals surface area contributed by atoms with E-state index in [0.29, 0.717) is 11.4 Å². The van der Waals surface area contributed by atoms with Gasteiger partial charge in [0.05, 0.1) is 18.9 Å². The summed E-state index contributed by atoms with van der Waals surface area (Å²) >= 11 is 0. The molecule has 5 nitrogen and oxygen atoms in total. The first-order valence-corrected chi connectivity index (χ1v) is 7.71. The number of benzene rings is 1. The van der Waals surface area contributed by atoms with Gasteiger partial charge in [0.25, 0.3) is 0 Å². The summed E-state index contributed by atoms with van der Waals surface area (Å²) in [5.74, 6) is 0.614. The molecule has 1 amide bonds. The van der Waals surface area contributed by atoms with E-state index in [1.165, 1.54) is 0 Å². The first-order valence-electron chi connectivity index (χ1n) is 7.71. The third kappa shape index (κ3) is 6.91. The van der Waals surface area contributed by atoms with Gasteiger partial charge in [-0.1, -0.05) is 38.6 Å². The SMILES string of the molecule is C=C/C(=C\C)c1ccc(OC)c(NNC(=O)OC(C)C)c1.CC. The third-order valence-corrected chi connectivity index (χ3v) is 2.71. The molecule has 1 rings (SSSR count). The zero-order chi connectivity index (χ0) is 17.8. The minimum absolute atomic E-state index is 0.185. The lowest BCUT2D eigenvalue weighted by Gasteiger charge is -2.15. The number of anilines is 1. The number of hydrogen-bond donors (Lipinski definition) is 2. The molecule has 1 aromatic rings. The molecular formula is C18H28N2O3. The van der Waals surface area contributed by atoms with Gasteiger partial charge >= 0.3 is 6.09 Å². The topological polar surface area (TPSA) is 59.6 Å². The lowest BCUT2D eigenvalue weighted by Crippen LogP contribution is -2.31. The molecule has 0 radical (unpaired) electrons. The quantitative estimate of drug-likeness (QED) is 0.585. The molecule has 5 heteroatoms. The second kappa shape index (κ2) is 11.2. The van der Waals surface area contributed by atoms with Crippen LogP contribution < -0.4 is 15.6 Å². The summed E-state index contributed by atoms with van der Waals surface area (Å²) in [6, 6.07) is 5.61. The Kier molecular flexibility index (Phi) is 10.00. The zero-order valence-electron chi connectivity index (χ0n) is 14.9. The molecular weight excluding hydrogens is 292 g/mol. The standard InChI is InChI=1S/C16H22N2O3.C2H6/c1-6-12(7-2)13-8-9-15(20-5)14(10-13)17-18-16(19)21-11(3)4;1-2/h6-11,17H,1H2,2-5H3,(H,18,19);1-2H3/b12-7+;. The predicted molar refractivity (Wildman–Crippen MR) is 96.6 cm³/mol. The molecule has 0 saturated heterocycles. The van der Waals surface area contributed by atoms with E-state index >= 15 is 0 Å². The normalized spacial score (nSPS) is 10.3. The molecule has 0 spiro atoms. The van der Waals surface area contributed by atoms with Crippen molar-refractivity contribution in [3.05, 3.63) is 42.5 Å². The van der Waals surface area contributed by atoms with E-state index in [1.807, 2.05) is 45.0 Å². The molecule has 128 valence electrons. The molecule has 1 aromatic carbocycles. The van der Waals surface area contributed by atoms with Gasteiger partial charge in [0.15, 0.2) is 0 Å². The molecule has 0 unspecified atom stereocenters. The highest BCUT2D eigenvalue weighted by Crippen LogP contribution is 2.28. The fourth-order valence-electron chi connectivity index (χ4n) is 1.75. The average Bonchev–Trinajstić information content (AvgIpc) is 2.55. The molecule has 0 aliphatic carbocycles. The van der Waals surface area contributed by atoms with E-state index < -0.39 is 6.09 Å². The molecule has 0 heterocycles. The summed E-state index contributed by atoms with van der Waals surface area (Å²) in [6.07, 6.45) is 2.99. The Balaban J connectivity index is 0.00000232. The van der Waals surface area contributed by atoms with Gasteiger partial charge in [0.1, 0.15) is 5.75 Å². The van der Waals surface area contributed by atoms with Crippen molar-refractivity contribution in [2.45, 2.75) is 40.7 Å². The maximum Gasteiger partial charge on any atom is 0.426 e. The second-order valence-electron chi connectivity index (χ2n) is 4.57. The number of allylic oxidation sites excluding steroid dienone is 3. The van der Waals surface area contributed by atoms with Crippen LogP contribution in [0, 0.1) is 0 Å². The van der Waals surface area contributed by atoms with Gasteiger partial charge in [-0.05, 0) is 44.0 Å². The van der Waals surface area contributed by atoms with Crippen LogP contribution >= 0.6 is 0 Å². The Labute approximate surface area is 139 Å². The molecule has 0 fully saturated rings. The van der Waals surface area contributed by atoms with Crippen LogP contribution in [0.1, 0.15) is 40.2 Å². The first kappa shape index (κ1) is 20.6. The third-order valence-electron chi connectivity index (χ3n) is 2.71. The molecule has 0 aliphatic heterocycles.